The molecule has 1 fully saturated rings. The molecular weight excluding hydrogens is 380 g/mol. The minimum atomic E-state index is -0.0791. The van der Waals surface area contributed by atoms with Crippen molar-refractivity contribution in [1.82, 2.24) is 4.90 Å². The van der Waals surface area contributed by atoms with E-state index in [2.05, 4.69) is 5.32 Å². The van der Waals surface area contributed by atoms with Gasteiger partial charge in [-0.3, -0.25) is 9.59 Å². The first-order valence-electron chi connectivity index (χ1n) is 9.13. The zero-order chi connectivity index (χ0) is 19.1. The van der Waals surface area contributed by atoms with Crippen LogP contribution in [0.4, 0.5) is 5.69 Å². The third-order valence-corrected chi connectivity index (χ3v) is 5.67. The highest BCUT2D eigenvalue weighted by Crippen LogP contribution is 2.19. The van der Waals surface area contributed by atoms with E-state index >= 15 is 0 Å². The van der Waals surface area contributed by atoms with Crippen LogP contribution in [0, 0.1) is 0 Å². The quantitative estimate of drug-likeness (QED) is 0.752. The Morgan fingerprint density at radius 1 is 1.04 bits per heavy atom. The first-order valence-corrected chi connectivity index (χ1v) is 10.7. The van der Waals surface area contributed by atoms with Gasteiger partial charge in [-0.15, -0.1) is 11.8 Å². The highest BCUT2D eigenvalue weighted by Gasteiger charge is 2.18. The Hall–Kier alpha value is -1.98. The van der Waals surface area contributed by atoms with E-state index in [4.69, 9.17) is 11.6 Å². The number of hydrogen-bond acceptors (Lipinski definition) is 3. The predicted molar refractivity (Wildman–Crippen MR) is 112 cm³/mol. The van der Waals surface area contributed by atoms with Crippen LogP contribution >= 0.6 is 23.4 Å². The van der Waals surface area contributed by atoms with E-state index in [1.165, 1.54) is 18.2 Å². The molecule has 2 aromatic carbocycles. The molecule has 1 saturated heterocycles. The fourth-order valence-electron chi connectivity index (χ4n) is 3.09. The molecule has 1 N–H and O–H groups in total. The molecule has 0 aliphatic carbocycles. The number of halogens is 1. The molecule has 0 spiro atoms. The van der Waals surface area contributed by atoms with Gasteiger partial charge in [-0.1, -0.05) is 29.8 Å². The number of anilines is 1. The third-order valence-electron chi connectivity index (χ3n) is 4.43. The van der Waals surface area contributed by atoms with Gasteiger partial charge < -0.3 is 10.2 Å². The second kappa shape index (κ2) is 9.81. The number of piperidine rings is 1. The number of benzene rings is 2. The molecule has 3 rings (SSSR count). The van der Waals surface area contributed by atoms with E-state index in [1.54, 1.807) is 12.1 Å². The lowest BCUT2D eigenvalue weighted by Gasteiger charge is -2.26. The van der Waals surface area contributed by atoms with Gasteiger partial charge in [0, 0.05) is 35.1 Å². The second-order valence-electron chi connectivity index (χ2n) is 6.60. The number of carbonyl (C=O) groups excluding carboxylic acids is 2. The lowest BCUT2D eigenvalue weighted by atomic mass is 10.1. The van der Waals surface area contributed by atoms with Crippen molar-refractivity contribution in [3.63, 3.8) is 0 Å². The molecule has 2 aromatic rings. The number of nitrogens with zero attached hydrogens (tertiary/aromatic N) is 1. The highest BCUT2D eigenvalue weighted by atomic mass is 35.5. The first-order chi connectivity index (χ1) is 13.1. The Labute approximate surface area is 169 Å². The van der Waals surface area contributed by atoms with Gasteiger partial charge in [0.15, 0.2) is 0 Å². The fraction of sp³-hybridized carbons (Fsp3) is 0.333. The van der Waals surface area contributed by atoms with E-state index in [0.29, 0.717) is 22.0 Å². The predicted octanol–water partition coefficient (Wildman–Crippen LogP) is 4.84. The maximum Gasteiger partial charge on any atom is 0.253 e. The highest BCUT2D eigenvalue weighted by molar-refractivity contribution is 7.99. The second-order valence-corrected chi connectivity index (χ2v) is 8.03. The zero-order valence-corrected chi connectivity index (χ0v) is 16.7. The van der Waals surface area contributed by atoms with Crippen molar-refractivity contribution in [2.45, 2.75) is 25.0 Å². The van der Waals surface area contributed by atoms with Gasteiger partial charge in [-0.2, -0.15) is 0 Å². The summed E-state index contributed by atoms with van der Waals surface area (Å²) in [7, 11) is 0. The minimum absolute atomic E-state index is 0.0427. The monoisotopic (exact) mass is 402 g/mol. The van der Waals surface area contributed by atoms with Crippen LogP contribution in [-0.4, -0.2) is 35.6 Å². The molecule has 6 heteroatoms. The molecule has 0 saturated carbocycles. The maximum atomic E-state index is 12.6. The zero-order valence-electron chi connectivity index (χ0n) is 15.1. The van der Waals surface area contributed by atoms with Crippen LogP contribution in [0.15, 0.2) is 48.5 Å². The van der Waals surface area contributed by atoms with Crippen LogP contribution in [0.2, 0.25) is 5.02 Å². The summed E-state index contributed by atoms with van der Waals surface area (Å²) in [4.78, 5) is 26.7. The summed E-state index contributed by atoms with van der Waals surface area (Å²) in [6.07, 6.45) is 3.31. The van der Waals surface area contributed by atoms with E-state index < -0.39 is 0 Å². The van der Waals surface area contributed by atoms with E-state index in [9.17, 15) is 9.59 Å². The topological polar surface area (TPSA) is 49.4 Å². The number of likely N-dealkylation sites (tertiary alicyclic amines) is 1. The molecule has 0 radical (unpaired) electrons. The summed E-state index contributed by atoms with van der Waals surface area (Å²) in [6, 6.07) is 14.8. The number of amides is 2. The normalized spacial score (nSPS) is 14.0. The average Bonchev–Trinajstić information content (AvgIpc) is 2.68. The van der Waals surface area contributed by atoms with Gasteiger partial charge in [-0.05, 0) is 55.2 Å². The SMILES string of the molecule is O=C(CSCc1cccc(Cl)c1)Nc1cccc(C(=O)N2CCCCC2)c1. The molecule has 27 heavy (non-hydrogen) atoms. The average molecular weight is 403 g/mol. The third kappa shape index (κ3) is 6.01. The molecule has 0 unspecified atom stereocenters. The molecule has 1 aliphatic heterocycles. The van der Waals surface area contributed by atoms with Crippen LogP contribution in [0.5, 0.6) is 0 Å². The van der Waals surface area contributed by atoms with E-state index in [-0.39, 0.29) is 11.8 Å². The van der Waals surface area contributed by atoms with Crippen LogP contribution in [-0.2, 0) is 10.5 Å². The van der Waals surface area contributed by atoms with E-state index in [1.807, 2.05) is 41.3 Å². The first kappa shape index (κ1) is 19.8. The van der Waals surface area contributed by atoms with Crippen molar-refractivity contribution >= 4 is 40.9 Å². The van der Waals surface area contributed by atoms with Gasteiger partial charge >= 0.3 is 0 Å². The summed E-state index contributed by atoms with van der Waals surface area (Å²) in [5.74, 6) is 1.03. The van der Waals surface area contributed by atoms with Crippen LogP contribution in [0.25, 0.3) is 0 Å². The van der Waals surface area contributed by atoms with Gasteiger partial charge in [0.1, 0.15) is 0 Å². The number of rotatable bonds is 6. The Bertz CT molecular complexity index is 806. The smallest absolute Gasteiger partial charge is 0.253 e. The summed E-state index contributed by atoms with van der Waals surface area (Å²) >= 11 is 7.50. The van der Waals surface area contributed by atoms with Crippen LogP contribution in [0.3, 0.4) is 0 Å². The molecule has 1 heterocycles. The molecule has 2 amide bonds. The molecule has 0 bridgehead atoms. The van der Waals surface area contributed by atoms with Crippen LogP contribution in [0.1, 0.15) is 35.2 Å². The fourth-order valence-corrected chi connectivity index (χ4v) is 4.08. The van der Waals surface area contributed by atoms with Crippen molar-refractivity contribution in [3.05, 3.63) is 64.7 Å². The van der Waals surface area contributed by atoms with Crippen LogP contribution < -0.4 is 5.32 Å². The summed E-state index contributed by atoms with van der Waals surface area (Å²) in [6.45, 7) is 1.63. The Morgan fingerprint density at radius 3 is 2.59 bits per heavy atom. The van der Waals surface area contributed by atoms with Crippen molar-refractivity contribution in [3.8, 4) is 0 Å². The number of thioether (sulfide) groups is 1. The van der Waals surface area contributed by atoms with Gasteiger partial charge in [-0.25, -0.2) is 0 Å². The summed E-state index contributed by atoms with van der Waals surface area (Å²) in [5, 5.41) is 3.58. The minimum Gasteiger partial charge on any atom is -0.339 e. The lowest BCUT2D eigenvalue weighted by molar-refractivity contribution is -0.113. The number of nitrogens with one attached hydrogen (secondary N) is 1. The Morgan fingerprint density at radius 2 is 1.81 bits per heavy atom. The van der Waals surface area contributed by atoms with Crippen molar-refractivity contribution < 1.29 is 9.59 Å². The van der Waals surface area contributed by atoms with Crippen molar-refractivity contribution in [2.75, 3.05) is 24.2 Å². The van der Waals surface area contributed by atoms with Crippen molar-refractivity contribution in [1.29, 1.82) is 0 Å². The summed E-state index contributed by atoms with van der Waals surface area (Å²) < 4.78 is 0. The Kier molecular flexibility index (Phi) is 7.18. The van der Waals surface area contributed by atoms with E-state index in [0.717, 1.165) is 37.2 Å². The summed E-state index contributed by atoms with van der Waals surface area (Å²) in [5.41, 5.74) is 2.38. The molecule has 0 atom stereocenters. The van der Waals surface area contributed by atoms with Gasteiger partial charge in [0.25, 0.3) is 5.91 Å². The number of carbonyl (C=O) groups is 2. The van der Waals surface area contributed by atoms with Gasteiger partial charge in [0.05, 0.1) is 5.75 Å². The molecule has 4 nitrogen and oxygen atoms in total. The number of hydrogen-bond donors (Lipinski definition) is 1. The Balaban J connectivity index is 1.51. The maximum absolute atomic E-state index is 12.6. The molecule has 1 aliphatic rings. The van der Waals surface area contributed by atoms with Crippen molar-refractivity contribution in [2.24, 2.45) is 0 Å². The molecule has 142 valence electrons. The largest absolute Gasteiger partial charge is 0.339 e. The molecular formula is C21H23ClN2O2S. The standard InChI is InChI=1S/C21H23ClN2O2S/c22-18-8-4-6-16(12-18)14-27-15-20(25)23-19-9-5-7-17(13-19)21(26)24-10-2-1-3-11-24/h4-9,12-13H,1-3,10-11,14-15H2,(H,23,25). The van der Waals surface area contributed by atoms with Gasteiger partial charge in [0.2, 0.25) is 5.91 Å². The molecule has 0 aromatic heterocycles. The lowest BCUT2D eigenvalue weighted by Crippen LogP contribution is -2.35.